The zero-order valence-corrected chi connectivity index (χ0v) is 21.0. The molecule has 0 radical (unpaired) electrons. The van der Waals surface area contributed by atoms with Crippen molar-refractivity contribution in [2.45, 2.75) is 39.7 Å². The molecule has 0 aliphatic rings. The Morgan fingerprint density at radius 1 is 1.23 bits per heavy atom. The molecule has 0 bridgehead atoms. The highest BCUT2D eigenvalue weighted by Crippen LogP contribution is 2.18. The molecular formula is C22H35IN6O. The molecule has 0 spiro atoms. The fraction of sp³-hybridized carbons (Fsp3) is 0.500. The Balaban J connectivity index is 0.00000450. The number of aryl methyl sites for hydroxylation is 1. The average molecular weight is 526 g/mol. The van der Waals surface area contributed by atoms with Crippen LogP contribution in [0.25, 0.3) is 0 Å². The van der Waals surface area contributed by atoms with Gasteiger partial charge in [0, 0.05) is 57.6 Å². The van der Waals surface area contributed by atoms with Crippen LogP contribution in [-0.4, -0.2) is 53.2 Å². The molecule has 0 fully saturated rings. The summed E-state index contributed by atoms with van der Waals surface area (Å²) in [5.41, 5.74) is 3.02. The summed E-state index contributed by atoms with van der Waals surface area (Å²) in [6.45, 7) is 9.18. The Bertz CT molecular complexity index is 803. The van der Waals surface area contributed by atoms with Gasteiger partial charge < -0.3 is 15.5 Å². The second-order valence-corrected chi connectivity index (χ2v) is 7.44. The lowest BCUT2D eigenvalue weighted by Crippen LogP contribution is -2.38. The number of aromatic nitrogens is 2. The maximum absolute atomic E-state index is 12.1. The van der Waals surface area contributed by atoms with Gasteiger partial charge in [-0.3, -0.25) is 14.5 Å². The van der Waals surface area contributed by atoms with Crippen molar-refractivity contribution in [2.24, 2.45) is 12.0 Å². The van der Waals surface area contributed by atoms with Crippen LogP contribution < -0.4 is 10.6 Å². The van der Waals surface area contributed by atoms with Gasteiger partial charge in [-0.2, -0.15) is 5.10 Å². The monoisotopic (exact) mass is 526 g/mol. The predicted molar refractivity (Wildman–Crippen MR) is 134 cm³/mol. The number of carbonyl (C=O) groups is 1. The minimum Gasteiger partial charge on any atom is -0.357 e. The molecule has 2 N–H and O–H groups in total. The van der Waals surface area contributed by atoms with E-state index in [2.05, 4.69) is 47.6 Å². The Labute approximate surface area is 197 Å². The third-order valence-electron chi connectivity index (χ3n) is 4.51. The number of nitrogens with one attached hydrogen (secondary N) is 2. The first-order chi connectivity index (χ1) is 13.9. The van der Waals surface area contributed by atoms with E-state index in [0.717, 1.165) is 31.2 Å². The predicted octanol–water partition coefficient (Wildman–Crippen LogP) is 3.38. The molecule has 0 aliphatic carbocycles. The van der Waals surface area contributed by atoms with Crippen LogP contribution in [0.5, 0.6) is 0 Å². The zero-order valence-electron chi connectivity index (χ0n) is 18.7. The lowest BCUT2D eigenvalue weighted by Gasteiger charge is -2.22. The third-order valence-corrected chi connectivity index (χ3v) is 4.51. The van der Waals surface area contributed by atoms with Gasteiger partial charge >= 0.3 is 0 Å². The maximum Gasteiger partial charge on any atom is 0.251 e. The Hall–Kier alpha value is -2.10. The Morgan fingerprint density at radius 3 is 2.57 bits per heavy atom. The molecule has 0 saturated heterocycles. The van der Waals surface area contributed by atoms with Gasteiger partial charge in [0.1, 0.15) is 0 Å². The van der Waals surface area contributed by atoms with Crippen LogP contribution in [-0.2, 0) is 13.6 Å². The number of benzene rings is 1. The second-order valence-electron chi connectivity index (χ2n) is 7.44. The van der Waals surface area contributed by atoms with Gasteiger partial charge in [-0.15, -0.1) is 24.0 Å². The fourth-order valence-electron chi connectivity index (χ4n) is 3.12. The SMILES string of the molecule is CCNC(=NCCCNC(=O)c1ccccc1)N(C)Cc1cn(C)nc1C(C)C.I. The third kappa shape index (κ3) is 7.97. The lowest BCUT2D eigenvalue weighted by atomic mass is 10.1. The number of aliphatic imine (C=N–C) groups is 1. The molecule has 0 saturated carbocycles. The van der Waals surface area contributed by atoms with Crippen molar-refractivity contribution in [3.05, 3.63) is 53.3 Å². The highest BCUT2D eigenvalue weighted by atomic mass is 127. The van der Waals surface area contributed by atoms with Crippen molar-refractivity contribution < 1.29 is 4.79 Å². The van der Waals surface area contributed by atoms with Crippen molar-refractivity contribution in [2.75, 3.05) is 26.7 Å². The molecular weight excluding hydrogens is 491 g/mol. The van der Waals surface area contributed by atoms with Crippen molar-refractivity contribution in [3.8, 4) is 0 Å². The molecule has 1 aromatic carbocycles. The summed E-state index contributed by atoms with van der Waals surface area (Å²) < 4.78 is 1.87. The summed E-state index contributed by atoms with van der Waals surface area (Å²) in [5.74, 6) is 1.20. The molecule has 2 rings (SSSR count). The average Bonchev–Trinajstić information content (AvgIpc) is 3.07. The van der Waals surface area contributed by atoms with E-state index in [1.54, 1.807) is 0 Å². The molecule has 7 nitrogen and oxygen atoms in total. The maximum atomic E-state index is 12.1. The first-order valence-corrected chi connectivity index (χ1v) is 10.3. The highest BCUT2D eigenvalue weighted by Gasteiger charge is 2.15. The molecule has 1 aromatic heterocycles. The van der Waals surface area contributed by atoms with Crippen LogP contribution in [0.15, 0.2) is 41.5 Å². The van der Waals surface area contributed by atoms with Crippen LogP contribution in [0, 0.1) is 0 Å². The quantitative estimate of drug-likeness (QED) is 0.228. The Kier molecular flexibility index (Phi) is 11.5. The van der Waals surface area contributed by atoms with E-state index in [9.17, 15) is 4.79 Å². The molecule has 1 heterocycles. The van der Waals surface area contributed by atoms with Crippen molar-refractivity contribution in [3.63, 3.8) is 0 Å². The summed E-state index contributed by atoms with van der Waals surface area (Å²) in [5, 5.41) is 10.9. The van der Waals surface area contributed by atoms with Crippen LogP contribution in [0.3, 0.4) is 0 Å². The minimum atomic E-state index is -0.0450. The summed E-state index contributed by atoms with van der Waals surface area (Å²) in [6.07, 6.45) is 2.86. The van der Waals surface area contributed by atoms with Crippen LogP contribution in [0.2, 0.25) is 0 Å². The van der Waals surface area contributed by atoms with E-state index in [-0.39, 0.29) is 29.9 Å². The number of amides is 1. The van der Waals surface area contributed by atoms with Crippen molar-refractivity contribution in [1.82, 2.24) is 25.3 Å². The zero-order chi connectivity index (χ0) is 21.2. The largest absolute Gasteiger partial charge is 0.357 e. The number of halogens is 1. The normalized spacial score (nSPS) is 11.2. The molecule has 0 aliphatic heterocycles. The van der Waals surface area contributed by atoms with E-state index in [4.69, 9.17) is 4.99 Å². The molecule has 166 valence electrons. The molecule has 0 unspecified atom stereocenters. The standard InChI is InChI=1S/C22H34N6O.HI/c1-6-23-22(27(4)15-19-16-28(5)26-20(19)17(2)3)25-14-10-13-24-21(29)18-11-8-7-9-12-18;/h7-9,11-12,16-17H,6,10,13-15H2,1-5H3,(H,23,25)(H,24,29);1H. The first kappa shape index (κ1) is 25.9. The first-order valence-electron chi connectivity index (χ1n) is 10.3. The van der Waals surface area contributed by atoms with Crippen molar-refractivity contribution >= 4 is 35.8 Å². The fourth-order valence-corrected chi connectivity index (χ4v) is 3.12. The summed E-state index contributed by atoms with van der Waals surface area (Å²) >= 11 is 0. The highest BCUT2D eigenvalue weighted by molar-refractivity contribution is 14.0. The van der Waals surface area contributed by atoms with Gasteiger partial charge in [-0.05, 0) is 31.4 Å². The summed E-state index contributed by atoms with van der Waals surface area (Å²) in [4.78, 5) is 18.9. The minimum absolute atomic E-state index is 0. The van der Waals surface area contributed by atoms with E-state index in [0.29, 0.717) is 24.6 Å². The Morgan fingerprint density at radius 2 is 1.93 bits per heavy atom. The topological polar surface area (TPSA) is 74.6 Å². The second kappa shape index (κ2) is 13.3. The number of nitrogens with zero attached hydrogens (tertiary/aromatic N) is 4. The van der Waals surface area contributed by atoms with Gasteiger partial charge in [-0.25, -0.2) is 0 Å². The van der Waals surface area contributed by atoms with E-state index in [1.165, 1.54) is 5.56 Å². The van der Waals surface area contributed by atoms with Gasteiger partial charge in [0.15, 0.2) is 5.96 Å². The molecule has 8 heteroatoms. The van der Waals surface area contributed by atoms with Gasteiger partial charge in [0.25, 0.3) is 5.91 Å². The summed E-state index contributed by atoms with van der Waals surface area (Å²) in [6, 6.07) is 9.26. The molecule has 2 aromatic rings. The molecule has 0 atom stereocenters. The van der Waals surface area contributed by atoms with E-state index >= 15 is 0 Å². The number of carbonyl (C=O) groups excluding carboxylic acids is 1. The lowest BCUT2D eigenvalue weighted by molar-refractivity contribution is 0.0953. The number of guanidine groups is 1. The molecule has 30 heavy (non-hydrogen) atoms. The number of hydrogen-bond acceptors (Lipinski definition) is 3. The number of rotatable bonds is 9. The summed E-state index contributed by atoms with van der Waals surface area (Å²) in [7, 11) is 3.99. The van der Waals surface area contributed by atoms with E-state index < -0.39 is 0 Å². The van der Waals surface area contributed by atoms with Gasteiger partial charge in [0.2, 0.25) is 0 Å². The van der Waals surface area contributed by atoms with Crippen LogP contribution in [0.1, 0.15) is 54.7 Å². The van der Waals surface area contributed by atoms with E-state index in [1.807, 2.05) is 49.1 Å². The molecule has 1 amide bonds. The smallest absolute Gasteiger partial charge is 0.251 e. The van der Waals surface area contributed by atoms with Crippen LogP contribution in [0.4, 0.5) is 0 Å². The van der Waals surface area contributed by atoms with Gasteiger partial charge in [0.05, 0.1) is 5.69 Å². The van der Waals surface area contributed by atoms with Crippen molar-refractivity contribution in [1.29, 1.82) is 0 Å². The van der Waals surface area contributed by atoms with Gasteiger partial charge in [-0.1, -0.05) is 32.0 Å². The van der Waals surface area contributed by atoms with Crippen LogP contribution >= 0.6 is 24.0 Å². The number of hydrogen-bond donors (Lipinski definition) is 2.